The van der Waals surface area contributed by atoms with E-state index in [2.05, 4.69) is 20.2 Å². The molecule has 3 atom stereocenters. The largest absolute Gasteiger partial charge is 0.461 e. The summed E-state index contributed by atoms with van der Waals surface area (Å²) >= 11 is 0. The van der Waals surface area contributed by atoms with Gasteiger partial charge in [0.25, 0.3) is 0 Å². The summed E-state index contributed by atoms with van der Waals surface area (Å²) in [6.45, 7) is 2.17. The molecular formula is C41H43F6N7O6. The molecule has 3 unspecified atom stereocenters. The number of fused-ring (bicyclic) bond motifs is 7. The van der Waals surface area contributed by atoms with E-state index in [1.54, 1.807) is 11.8 Å². The minimum Gasteiger partial charge on any atom is -0.461 e. The molecule has 4 saturated heterocycles. The first-order valence-electron chi connectivity index (χ1n) is 20.2. The Balaban J connectivity index is 1.21. The summed E-state index contributed by atoms with van der Waals surface area (Å²) in [6, 6.07) is 2.67. The van der Waals surface area contributed by atoms with Gasteiger partial charge < -0.3 is 29.2 Å². The number of aromatic nitrogens is 3. The molecule has 4 aromatic rings. The minimum atomic E-state index is -4.81. The van der Waals surface area contributed by atoms with E-state index in [0.29, 0.717) is 4.90 Å². The van der Waals surface area contributed by atoms with Crippen molar-refractivity contribution in [3.63, 3.8) is 0 Å². The van der Waals surface area contributed by atoms with Crippen molar-refractivity contribution in [2.45, 2.75) is 81.3 Å². The Hall–Kier alpha value is -5.17. The summed E-state index contributed by atoms with van der Waals surface area (Å²) in [5, 5.41) is 3.31. The SMILES string of the molecule is CC12CC(F)CN(C1)c1nc(OCC34CCCN3CCC4)nc3c(F)c(ncc13)-c1cc(OC(=O)N3CCOCC3C(F)(F)F)cc3ccc(F)c(c13)CCCOC(=O)N2. The van der Waals surface area contributed by atoms with Crippen LogP contribution in [0.25, 0.3) is 32.9 Å². The Morgan fingerprint density at radius 2 is 1.87 bits per heavy atom. The summed E-state index contributed by atoms with van der Waals surface area (Å²) in [5.74, 6) is -1.80. The van der Waals surface area contributed by atoms with Crippen LogP contribution in [-0.2, 0) is 15.9 Å². The number of hydrogen-bond acceptors (Lipinski definition) is 11. The van der Waals surface area contributed by atoms with Crippen LogP contribution >= 0.6 is 0 Å². The number of nitrogens with one attached hydrogen (secondary N) is 1. The number of morpholine rings is 1. The zero-order chi connectivity index (χ0) is 42.0. The Kier molecular flexibility index (Phi) is 10.3. The molecule has 19 heteroatoms. The standard InChI is InChI=1S/C41H43F6N7O6/c1-39-17-24(42)19-52(21-39)35-28-18-48-33(32(44)34(28)49-36(50-35)59-22-40-8-3-10-53(40)11-4-9-40)27-16-25(60-38(56)54-12-14-57-20-30(54)41(45,46)47)15-23-6-7-29(43)26(31(23)27)5-2-13-58-37(55)51-39/h6-7,15-16,18,24,30H,2-5,8-14,17,19-22H2,1H3,(H,51,55). The quantitative estimate of drug-likeness (QED) is 0.216. The van der Waals surface area contributed by atoms with Crippen molar-refractivity contribution >= 4 is 39.7 Å². The Morgan fingerprint density at radius 1 is 1.07 bits per heavy atom. The second kappa shape index (κ2) is 15.4. The molecule has 0 saturated carbocycles. The molecule has 4 fully saturated rings. The van der Waals surface area contributed by atoms with Crippen LogP contribution < -0.4 is 19.7 Å². The van der Waals surface area contributed by atoms with Gasteiger partial charge in [0.2, 0.25) is 0 Å². The normalized spacial score (nSPS) is 24.7. The summed E-state index contributed by atoms with van der Waals surface area (Å²) in [5.41, 5.74) is -1.93. The molecule has 0 radical (unpaired) electrons. The van der Waals surface area contributed by atoms with Gasteiger partial charge in [-0.05, 0) is 93.1 Å². The van der Waals surface area contributed by atoms with Crippen LogP contribution in [-0.4, -0.2) is 126 Å². The van der Waals surface area contributed by atoms with Crippen LogP contribution in [0.2, 0.25) is 0 Å². The van der Waals surface area contributed by atoms with Crippen molar-refractivity contribution in [2.24, 2.45) is 0 Å². The number of ether oxygens (including phenoxy) is 4. The fourth-order valence-electron chi connectivity index (χ4n) is 9.70. The van der Waals surface area contributed by atoms with E-state index in [4.69, 9.17) is 23.9 Å². The second-order valence-electron chi connectivity index (χ2n) is 16.6. The lowest BCUT2D eigenvalue weighted by Crippen LogP contribution is -2.60. The average molecular weight is 844 g/mol. The highest BCUT2D eigenvalue weighted by atomic mass is 19.4. The maximum atomic E-state index is 17.5. The monoisotopic (exact) mass is 843 g/mol. The van der Waals surface area contributed by atoms with E-state index in [1.807, 2.05) is 0 Å². The molecule has 0 aliphatic carbocycles. The van der Waals surface area contributed by atoms with E-state index in [-0.39, 0.29) is 114 Å². The van der Waals surface area contributed by atoms with Crippen molar-refractivity contribution < 1.29 is 54.9 Å². The molecule has 2 aromatic heterocycles. The fraction of sp³-hybridized carbons (Fsp3) is 0.537. The van der Waals surface area contributed by atoms with Crippen molar-refractivity contribution in [1.29, 1.82) is 0 Å². The number of pyridine rings is 1. The van der Waals surface area contributed by atoms with Gasteiger partial charge >= 0.3 is 24.4 Å². The third-order valence-corrected chi connectivity index (χ3v) is 12.4. The number of amides is 2. The fourth-order valence-corrected chi connectivity index (χ4v) is 9.70. The van der Waals surface area contributed by atoms with Crippen LogP contribution in [0.4, 0.5) is 41.7 Å². The van der Waals surface area contributed by atoms with Crippen LogP contribution in [0.1, 0.15) is 51.0 Å². The van der Waals surface area contributed by atoms with Gasteiger partial charge in [-0.15, -0.1) is 0 Å². The summed E-state index contributed by atoms with van der Waals surface area (Å²) in [6.07, 6.45) is -3.20. The lowest BCUT2D eigenvalue weighted by Gasteiger charge is -2.42. The van der Waals surface area contributed by atoms with Gasteiger partial charge in [0.05, 0.1) is 42.8 Å². The number of alkyl carbamates (subject to hydrolysis) is 1. The number of halogens is 6. The number of piperidine rings is 1. The number of rotatable bonds is 4. The molecule has 60 heavy (non-hydrogen) atoms. The van der Waals surface area contributed by atoms with E-state index >= 15 is 13.2 Å². The Labute approximate surface area is 340 Å². The summed E-state index contributed by atoms with van der Waals surface area (Å²) in [4.78, 5) is 44.8. The first-order valence-corrected chi connectivity index (χ1v) is 20.2. The van der Waals surface area contributed by atoms with Crippen molar-refractivity contribution in [2.75, 3.05) is 64.1 Å². The number of nitrogens with zero attached hydrogens (tertiary/aromatic N) is 6. The zero-order valence-corrected chi connectivity index (χ0v) is 32.8. The number of carbonyl (C=O) groups is 2. The highest BCUT2D eigenvalue weighted by Gasteiger charge is 2.48. The predicted octanol–water partition coefficient (Wildman–Crippen LogP) is 6.87. The summed E-state index contributed by atoms with van der Waals surface area (Å²) < 4.78 is 113. The molecule has 10 rings (SSSR count). The molecule has 320 valence electrons. The van der Waals surface area contributed by atoms with Gasteiger partial charge in [-0.25, -0.2) is 22.8 Å². The van der Waals surface area contributed by atoms with Gasteiger partial charge in [0.1, 0.15) is 41.4 Å². The van der Waals surface area contributed by atoms with Gasteiger partial charge in [0.15, 0.2) is 11.9 Å². The number of carbonyl (C=O) groups excluding carboxylic acids is 2. The topological polar surface area (TPSA) is 131 Å². The van der Waals surface area contributed by atoms with Gasteiger partial charge in [-0.2, -0.15) is 23.1 Å². The highest BCUT2D eigenvalue weighted by Crippen LogP contribution is 2.42. The number of alkyl halides is 4. The number of hydrogen-bond donors (Lipinski definition) is 1. The lowest BCUT2D eigenvalue weighted by molar-refractivity contribution is -0.203. The van der Waals surface area contributed by atoms with Crippen molar-refractivity contribution in [3.8, 4) is 23.0 Å². The second-order valence-corrected chi connectivity index (χ2v) is 16.6. The maximum absolute atomic E-state index is 17.5. The van der Waals surface area contributed by atoms with Crippen LogP contribution in [0, 0.1) is 11.6 Å². The van der Waals surface area contributed by atoms with Crippen molar-refractivity contribution in [3.05, 3.63) is 47.7 Å². The van der Waals surface area contributed by atoms with Crippen LogP contribution in [0.5, 0.6) is 11.8 Å². The van der Waals surface area contributed by atoms with E-state index in [0.717, 1.165) is 44.8 Å². The molecule has 6 aliphatic heterocycles. The van der Waals surface area contributed by atoms with Gasteiger partial charge in [-0.1, -0.05) is 6.07 Å². The summed E-state index contributed by atoms with van der Waals surface area (Å²) in [7, 11) is 0. The molecule has 6 bridgehead atoms. The molecule has 13 nitrogen and oxygen atoms in total. The average Bonchev–Trinajstić information content (AvgIpc) is 3.79. The van der Waals surface area contributed by atoms with Crippen LogP contribution in [0.15, 0.2) is 30.5 Å². The van der Waals surface area contributed by atoms with Crippen molar-refractivity contribution in [1.82, 2.24) is 30.1 Å². The zero-order valence-electron chi connectivity index (χ0n) is 32.8. The van der Waals surface area contributed by atoms with Crippen LogP contribution in [0.3, 0.4) is 0 Å². The maximum Gasteiger partial charge on any atom is 0.415 e. The van der Waals surface area contributed by atoms with Gasteiger partial charge in [0, 0.05) is 31.3 Å². The lowest BCUT2D eigenvalue weighted by atomic mass is 9.90. The minimum absolute atomic E-state index is 0.0144. The molecule has 8 heterocycles. The third-order valence-electron chi connectivity index (χ3n) is 12.4. The molecule has 6 aliphatic rings. The molecule has 0 spiro atoms. The van der Waals surface area contributed by atoms with E-state index < -0.39 is 60.9 Å². The smallest absolute Gasteiger partial charge is 0.415 e. The molecule has 1 N–H and O–H groups in total. The van der Waals surface area contributed by atoms with E-state index in [9.17, 15) is 22.8 Å². The molecular weight excluding hydrogens is 800 g/mol. The number of anilines is 1. The predicted molar refractivity (Wildman–Crippen MR) is 205 cm³/mol. The first-order chi connectivity index (χ1) is 28.7. The first kappa shape index (κ1) is 40.2. The highest BCUT2D eigenvalue weighted by molar-refractivity contribution is 6.02. The number of benzene rings is 2. The Bertz CT molecular complexity index is 2340. The van der Waals surface area contributed by atoms with Gasteiger partial charge in [-0.3, -0.25) is 14.8 Å². The third kappa shape index (κ3) is 7.47. The molecule has 2 aromatic carbocycles. The molecule has 2 amide bonds. The van der Waals surface area contributed by atoms with E-state index in [1.165, 1.54) is 24.4 Å². The Morgan fingerprint density at radius 3 is 2.65 bits per heavy atom. The number of aryl methyl sites for hydroxylation is 1.